The molecule has 0 aliphatic carbocycles. The van der Waals surface area contributed by atoms with E-state index in [1.54, 1.807) is 11.3 Å². The van der Waals surface area contributed by atoms with Crippen molar-refractivity contribution >= 4 is 11.3 Å². The van der Waals surface area contributed by atoms with E-state index in [2.05, 4.69) is 45.5 Å². The molecule has 92 valence electrons. The van der Waals surface area contributed by atoms with Gasteiger partial charge in [-0.1, -0.05) is 6.92 Å². The third kappa shape index (κ3) is 3.41. The summed E-state index contributed by atoms with van der Waals surface area (Å²) < 4.78 is 2.26. The fraction of sp³-hybridized carbons (Fsp3) is 0.462. The van der Waals surface area contributed by atoms with Gasteiger partial charge >= 0.3 is 0 Å². The Morgan fingerprint density at radius 1 is 1.47 bits per heavy atom. The van der Waals surface area contributed by atoms with Gasteiger partial charge in [-0.25, -0.2) is 4.98 Å². The molecule has 17 heavy (non-hydrogen) atoms. The minimum Gasteiger partial charge on any atom is -0.344 e. The summed E-state index contributed by atoms with van der Waals surface area (Å²) in [6.45, 7) is 7.11. The molecule has 2 aromatic rings. The van der Waals surface area contributed by atoms with Crippen LogP contribution in [0, 0.1) is 6.92 Å². The molecule has 2 aromatic heterocycles. The number of thiazole rings is 1. The zero-order chi connectivity index (χ0) is 12.1. The molecule has 0 aromatic carbocycles. The number of aromatic nitrogens is 2. The molecule has 4 heteroatoms. The number of nitrogens with zero attached hydrogens (tertiary/aromatic N) is 2. The summed E-state index contributed by atoms with van der Waals surface area (Å²) >= 11 is 1.71. The lowest BCUT2D eigenvalue weighted by Crippen LogP contribution is -2.17. The number of hydrogen-bond donors (Lipinski definition) is 1. The average Bonchev–Trinajstić information content (AvgIpc) is 2.90. The highest BCUT2D eigenvalue weighted by molar-refractivity contribution is 7.09. The van der Waals surface area contributed by atoms with Crippen molar-refractivity contribution in [2.24, 2.45) is 0 Å². The molecule has 3 nitrogen and oxygen atoms in total. The van der Waals surface area contributed by atoms with Crippen molar-refractivity contribution < 1.29 is 0 Å². The van der Waals surface area contributed by atoms with Gasteiger partial charge in [-0.2, -0.15) is 0 Å². The monoisotopic (exact) mass is 249 g/mol. The van der Waals surface area contributed by atoms with Gasteiger partial charge in [0.1, 0.15) is 0 Å². The van der Waals surface area contributed by atoms with E-state index in [0.29, 0.717) is 0 Å². The van der Waals surface area contributed by atoms with E-state index in [0.717, 1.165) is 30.3 Å². The molecule has 2 rings (SSSR count). The van der Waals surface area contributed by atoms with Crippen molar-refractivity contribution in [2.75, 3.05) is 6.54 Å². The Balaban J connectivity index is 1.98. The summed E-state index contributed by atoms with van der Waals surface area (Å²) in [5.74, 6) is 0. The van der Waals surface area contributed by atoms with E-state index in [9.17, 15) is 0 Å². The Bertz CT molecular complexity index is 459. The van der Waals surface area contributed by atoms with Gasteiger partial charge in [0.05, 0.1) is 17.2 Å². The minimum absolute atomic E-state index is 0.875. The molecular weight excluding hydrogens is 230 g/mol. The molecule has 0 saturated heterocycles. The molecule has 0 aliphatic rings. The summed E-state index contributed by atoms with van der Waals surface area (Å²) in [6.07, 6.45) is 3.30. The molecule has 0 fully saturated rings. The first-order chi connectivity index (χ1) is 8.29. The molecule has 0 bridgehead atoms. The maximum atomic E-state index is 4.50. The quantitative estimate of drug-likeness (QED) is 0.798. The Morgan fingerprint density at radius 2 is 2.35 bits per heavy atom. The lowest BCUT2D eigenvalue weighted by atomic mass is 10.4. The molecule has 0 radical (unpaired) electrons. The lowest BCUT2D eigenvalue weighted by molar-refractivity contribution is 0.627. The second-order valence-electron chi connectivity index (χ2n) is 4.16. The second kappa shape index (κ2) is 5.98. The number of aryl methyl sites for hydroxylation is 1. The van der Waals surface area contributed by atoms with Gasteiger partial charge in [0.2, 0.25) is 0 Å². The first-order valence-corrected chi connectivity index (χ1v) is 6.93. The minimum atomic E-state index is 0.875. The topological polar surface area (TPSA) is 29.9 Å². The van der Waals surface area contributed by atoms with Gasteiger partial charge in [-0.15, -0.1) is 11.3 Å². The average molecular weight is 249 g/mol. The van der Waals surface area contributed by atoms with Crippen LogP contribution in [0.25, 0.3) is 0 Å². The highest BCUT2D eigenvalue weighted by atomic mass is 32.1. The van der Waals surface area contributed by atoms with E-state index in [1.165, 1.54) is 12.1 Å². The molecule has 0 spiro atoms. The largest absolute Gasteiger partial charge is 0.344 e. The normalized spacial score (nSPS) is 10.9. The molecule has 1 N–H and O–H groups in total. The zero-order valence-electron chi connectivity index (χ0n) is 10.4. The smallest absolute Gasteiger partial charge is 0.0898 e. The van der Waals surface area contributed by atoms with Crippen LogP contribution in [-0.4, -0.2) is 16.1 Å². The summed E-state index contributed by atoms with van der Waals surface area (Å²) in [6, 6.07) is 4.27. The predicted octanol–water partition coefficient (Wildman–Crippen LogP) is 2.80. The fourth-order valence-electron chi connectivity index (χ4n) is 1.81. The number of hydrogen-bond acceptors (Lipinski definition) is 3. The lowest BCUT2D eigenvalue weighted by Gasteiger charge is -2.08. The van der Waals surface area contributed by atoms with Gasteiger partial charge < -0.3 is 9.88 Å². The van der Waals surface area contributed by atoms with Crippen LogP contribution >= 0.6 is 11.3 Å². The van der Waals surface area contributed by atoms with Crippen LogP contribution in [0.1, 0.15) is 29.7 Å². The molecule has 0 atom stereocenters. The van der Waals surface area contributed by atoms with Crippen molar-refractivity contribution in [3.05, 3.63) is 40.1 Å². The Labute approximate surface area is 107 Å². The standard InChI is InChI=1S/C13H19N3S/c1-3-6-14-8-13-5-4-7-16(13)9-12-10-17-11(2)15-12/h4-5,7,10,14H,3,6,8-9H2,1-2H3. The number of rotatable bonds is 6. The van der Waals surface area contributed by atoms with Crippen molar-refractivity contribution in [1.29, 1.82) is 0 Å². The third-order valence-corrected chi connectivity index (χ3v) is 3.48. The second-order valence-corrected chi connectivity index (χ2v) is 5.22. The Hall–Kier alpha value is -1.13. The maximum Gasteiger partial charge on any atom is 0.0898 e. The van der Waals surface area contributed by atoms with E-state index in [4.69, 9.17) is 0 Å². The van der Waals surface area contributed by atoms with Crippen molar-refractivity contribution in [3.8, 4) is 0 Å². The predicted molar refractivity (Wildman–Crippen MR) is 72.4 cm³/mol. The van der Waals surface area contributed by atoms with E-state index < -0.39 is 0 Å². The van der Waals surface area contributed by atoms with Crippen LogP contribution in [-0.2, 0) is 13.1 Å². The molecule has 0 unspecified atom stereocenters. The fourth-order valence-corrected chi connectivity index (χ4v) is 2.42. The SMILES string of the molecule is CCCNCc1cccn1Cc1csc(C)n1. The summed E-state index contributed by atoms with van der Waals surface area (Å²) in [5, 5.41) is 6.70. The van der Waals surface area contributed by atoms with Crippen LogP contribution in [0.3, 0.4) is 0 Å². The first kappa shape index (κ1) is 12.3. The van der Waals surface area contributed by atoms with E-state index >= 15 is 0 Å². The van der Waals surface area contributed by atoms with Crippen molar-refractivity contribution in [1.82, 2.24) is 14.9 Å². The summed E-state index contributed by atoms with van der Waals surface area (Å²) in [5.41, 5.74) is 2.48. The van der Waals surface area contributed by atoms with Gasteiger partial charge in [0, 0.05) is 23.8 Å². The molecular formula is C13H19N3S. The third-order valence-electron chi connectivity index (χ3n) is 2.66. The summed E-state index contributed by atoms with van der Waals surface area (Å²) in [4.78, 5) is 4.50. The molecule has 0 saturated carbocycles. The van der Waals surface area contributed by atoms with Crippen LogP contribution in [0.5, 0.6) is 0 Å². The van der Waals surface area contributed by atoms with Gasteiger partial charge in [0.25, 0.3) is 0 Å². The van der Waals surface area contributed by atoms with Crippen molar-refractivity contribution in [2.45, 2.75) is 33.4 Å². The van der Waals surface area contributed by atoms with Gasteiger partial charge in [0.15, 0.2) is 0 Å². The number of nitrogens with one attached hydrogen (secondary N) is 1. The molecule has 2 heterocycles. The maximum absolute atomic E-state index is 4.50. The zero-order valence-corrected chi connectivity index (χ0v) is 11.3. The van der Waals surface area contributed by atoms with Crippen LogP contribution in [0.2, 0.25) is 0 Å². The summed E-state index contributed by atoms with van der Waals surface area (Å²) in [7, 11) is 0. The Morgan fingerprint density at radius 3 is 3.06 bits per heavy atom. The molecule has 0 aliphatic heterocycles. The van der Waals surface area contributed by atoms with Crippen molar-refractivity contribution in [3.63, 3.8) is 0 Å². The Kier molecular flexibility index (Phi) is 4.34. The first-order valence-electron chi connectivity index (χ1n) is 6.05. The van der Waals surface area contributed by atoms with E-state index in [1.807, 2.05) is 6.92 Å². The van der Waals surface area contributed by atoms with Gasteiger partial charge in [-0.05, 0) is 32.0 Å². The van der Waals surface area contributed by atoms with Crippen LogP contribution in [0.15, 0.2) is 23.7 Å². The van der Waals surface area contributed by atoms with Crippen LogP contribution in [0.4, 0.5) is 0 Å². The van der Waals surface area contributed by atoms with Crippen LogP contribution < -0.4 is 5.32 Å². The van der Waals surface area contributed by atoms with Gasteiger partial charge in [-0.3, -0.25) is 0 Å². The highest BCUT2D eigenvalue weighted by Crippen LogP contribution is 2.11. The highest BCUT2D eigenvalue weighted by Gasteiger charge is 2.03. The molecule has 0 amide bonds. The van der Waals surface area contributed by atoms with E-state index in [-0.39, 0.29) is 0 Å².